The Labute approximate surface area is 131 Å². The van der Waals surface area contributed by atoms with Crippen LogP contribution in [0.15, 0.2) is 24.2 Å². The summed E-state index contributed by atoms with van der Waals surface area (Å²) in [5.74, 6) is 0.128. The number of rotatable bonds is 12. The van der Waals surface area contributed by atoms with Crippen molar-refractivity contribution in [1.82, 2.24) is 4.90 Å². The van der Waals surface area contributed by atoms with Crippen molar-refractivity contribution in [2.24, 2.45) is 0 Å². The lowest BCUT2D eigenvalue weighted by Gasteiger charge is -2.20. The molecule has 0 fully saturated rings. The molecule has 0 heterocycles. The summed E-state index contributed by atoms with van der Waals surface area (Å²) in [6.45, 7) is 20.3. The van der Waals surface area contributed by atoms with Crippen LogP contribution in [0.3, 0.4) is 0 Å². The smallest absolute Gasteiger partial charge is 0.377 e. The van der Waals surface area contributed by atoms with Gasteiger partial charge in [0.15, 0.2) is 0 Å². The van der Waals surface area contributed by atoms with E-state index in [1.807, 2.05) is 12.3 Å². The van der Waals surface area contributed by atoms with Crippen molar-refractivity contribution in [1.29, 1.82) is 0 Å². The monoisotopic (exact) mass is 287 g/mol. The highest BCUT2D eigenvalue weighted by molar-refractivity contribution is 5.23. The SMILES string of the molecule is [C-]#[N+]C(=CC=CN(CCCCCC)CCCCCC)[N+]#[C-]. The lowest BCUT2D eigenvalue weighted by molar-refractivity contribution is 0.351. The van der Waals surface area contributed by atoms with Crippen LogP contribution in [-0.4, -0.2) is 18.0 Å². The standard InChI is InChI=1S/C18H29N3/c1-5-7-9-11-15-21(16-12-10-8-6-2)17-13-14-18(19-3)20-4/h13-14,17H,5-12,15-16H2,1-2H3. The molecule has 0 saturated carbocycles. The number of allylic oxidation sites excluding steroid dienone is 2. The van der Waals surface area contributed by atoms with Crippen LogP contribution in [0.1, 0.15) is 65.2 Å². The summed E-state index contributed by atoms with van der Waals surface area (Å²) in [6, 6.07) is 0. The summed E-state index contributed by atoms with van der Waals surface area (Å²) in [5.41, 5.74) is 0. The molecule has 0 aliphatic heterocycles. The van der Waals surface area contributed by atoms with Gasteiger partial charge in [-0.05, 0) is 25.1 Å². The minimum Gasteiger partial charge on any atom is -0.377 e. The molecule has 0 N–H and O–H groups in total. The summed E-state index contributed by atoms with van der Waals surface area (Å²) in [7, 11) is 0. The van der Waals surface area contributed by atoms with Gasteiger partial charge in [0.2, 0.25) is 0 Å². The van der Waals surface area contributed by atoms with E-state index in [1.54, 1.807) is 6.08 Å². The van der Waals surface area contributed by atoms with Crippen LogP contribution in [0.4, 0.5) is 0 Å². The first-order valence-corrected chi connectivity index (χ1v) is 8.15. The van der Waals surface area contributed by atoms with E-state index in [0.717, 1.165) is 13.1 Å². The zero-order valence-corrected chi connectivity index (χ0v) is 13.6. The number of hydrogen-bond donors (Lipinski definition) is 0. The topological polar surface area (TPSA) is 12.0 Å². The third-order valence-corrected chi connectivity index (χ3v) is 3.37. The van der Waals surface area contributed by atoms with Gasteiger partial charge in [-0.3, -0.25) is 0 Å². The largest absolute Gasteiger partial charge is 0.519 e. The minimum atomic E-state index is 0.128. The van der Waals surface area contributed by atoms with Crippen molar-refractivity contribution >= 4 is 0 Å². The Kier molecular flexibility index (Phi) is 13.4. The molecule has 0 bridgehead atoms. The van der Waals surface area contributed by atoms with Gasteiger partial charge >= 0.3 is 5.82 Å². The molecule has 21 heavy (non-hydrogen) atoms. The van der Waals surface area contributed by atoms with Gasteiger partial charge in [0.05, 0.1) is 0 Å². The molecule has 3 nitrogen and oxygen atoms in total. The average Bonchev–Trinajstić information content (AvgIpc) is 2.51. The van der Waals surface area contributed by atoms with Gasteiger partial charge in [-0.25, -0.2) is 0 Å². The quantitative estimate of drug-likeness (QED) is 0.257. The van der Waals surface area contributed by atoms with Crippen LogP contribution in [0.5, 0.6) is 0 Å². The van der Waals surface area contributed by atoms with E-state index in [9.17, 15) is 0 Å². The molecule has 3 heteroatoms. The van der Waals surface area contributed by atoms with Crippen molar-refractivity contribution < 1.29 is 0 Å². The van der Waals surface area contributed by atoms with Crippen molar-refractivity contribution in [2.45, 2.75) is 65.2 Å². The molecule has 0 aliphatic carbocycles. The van der Waals surface area contributed by atoms with E-state index in [4.69, 9.17) is 13.1 Å². The Hall–Kier alpha value is -1.74. The maximum atomic E-state index is 6.86. The Morgan fingerprint density at radius 2 is 1.38 bits per heavy atom. The molecule has 0 aromatic rings. The van der Waals surface area contributed by atoms with Crippen molar-refractivity contribution in [3.63, 3.8) is 0 Å². The van der Waals surface area contributed by atoms with E-state index >= 15 is 0 Å². The number of unbranched alkanes of at least 4 members (excludes halogenated alkanes) is 6. The summed E-state index contributed by atoms with van der Waals surface area (Å²) < 4.78 is 0. The molecule has 0 spiro atoms. The molecule has 0 rings (SSSR count). The van der Waals surface area contributed by atoms with Crippen LogP contribution in [0.2, 0.25) is 0 Å². The van der Waals surface area contributed by atoms with Crippen molar-refractivity contribution in [3.8, 4) is 0 Å². The molecule has 0 unspecified atom stereocenters. The lowest BCUT2D eigenvalue weighted by atomic mass is 10.2. The van der Waals surface area contributed by atoms with E-state index in [-0.39, 0.29) is 5.82 Å². The first-order chi connectivity index (χ1) is 10.3. The second-order valence-electron chi connectivity index (χ2n) is 5.25. The van der Waals surface area contributed by atoms with Crippen LogP contribution < -0.4 is 0 Å². The Bertz CT molecular complexity index is 354. The van der Waals surface area contributed by atoms with E-state index < -0.39 is 0 Å². The maximum Gasteiger partial charge on any atom is 0.519 e. The Morgan fingerprint density at radius 3 is 1.81 bits per heavy atom. The summed E-state index contributed by atoms with van der Waals surface area (Å²) >= 11 is 0. The second kappa shape index (κ2) is 14.7. The highest BCUT2D eigenvalue weighted by Gasteiger charge is 2.01. The van der Waals surface area contributed by atoms with Crippen LogP contribution in [0, 0.1) is 13.1 Å². The van der Waals surface area contributed by atoms with Gasteiger partial charge in [0, 0.05) is 19.2 Å². The van der Waals surface area contributed by atoms with Gasteiger partial charge in [0.25, 0.3) is 0 Å². The Balaban J connectivity index is 4.29. The van der Waals surface area contributed by atoms with Gasteiger partial charge in [-0.15, -0.1) is 0 Å². The molecular weight excluding hydrogens is 258 g/mol. The second-order valence-corrected chi connectivity index (χ2v) is 5.25. The Morgan fingerprint density at radius 1 is 0.857 bits per heavy atom. The predicted octanol–water partition coefficient (Wildman–Crippen LogP) is 5.64. The highest BCUT2D eigenvalue weighted by Crippen LogP contribution is 2.06. The lowest BCUT2D eigenvalue weighted by Crippen LogP contribution is -2.20. The minimum absolute atomic E-state index is 0.128. The third-order valence-electron chi connectivity index (χ3n) is 3.37. The van der Waals surface area contributed by atoms with E-state index in [1.165, 1.54) is 51.4 Å². The summed E-state index contributed by atoms with van der Waals surface area (Å²) in [5, 5.41) is 0. The van der Waals surface area contributed by atoms with Crippen LogP contribution >= 0.6 is 0 Å². The maximum absolute atomic E-state index is 6.86. The van der Waals surface area contributed by atoms with Crippen LogP contribution in [-0.2, 0) is 0 Å². The average molecular weight is 287 g/mol. The first kappa shape index (κ1) is 19.3. The zero-order valence-electron chi connectivity index (χ0n) is 13.6. The zero-order chi connectivity index (χ0) is 15.8. The number of nitrogens with zero attached hydrogens (tertiary/aromatic N) is 3. The highest BCUT2D eigenvalue weighted by atomic mass is 15.1. The summed E-state index contributed by atoms with van der Waals surface area (Å²) in [4.78, 5) is 8.65. The fourth-order valence-electron chi connectivity index (χ4n) is 2.09. The van der Waals surface area contributed by atoms with Gasteiger partial charge in [-0.1, -0.05) is 52.4 Å². The molecule has 0 aromatic carbocycles. The molecule has 0 amide bonds. The van der Waals surface area contributed by atoms with Crippen molar-refractivity contribution in [3.05, 3.63) is 47.0 Å². The van der Waals surface area contributed by atoms with Gasteiger partial charge in [0.1, 0.15) is 13.1 Å². The molecule has 0 atom stereocenters. The first-order valence-electron chi connectivity index (χ1n) is 8.15. The molecule has 0 aromatic heterocycles. The molecular formula is C18H29N3. The molecule has 116 valence electrons. The molecule has 0 aliphatic rings. The summed E-state index contributed by atoms with van der Waals surface area (Å²) in [6.07, 6.45) is 15.6. The predicted molar refractivity (Wildman–Crippen MR) is 90.3 cm³/mol. The normalized spacial score (nSPS) is 10.1. The fraction of sp³-hybridized carbons (Fsp3) is 0.667. The third kappa shape index (κ3) is 11.8. The number of hydrogen-bond acceptors (Lipinski definition) is 1. The fourth-order valence-corrected chi connectivity index (χ4v) is 2.09. The van der Waals surface area contributed by atoms with Crippen molar-refractivity contribution in [2.75, 3.05) is 13.1 Å². The van der Waals surface area contributed by atoms with Gasteiger partial charge in [-0.2, -0.15) is 9.69 Å². The van der Waals surface area contributed by atoms with Crippen LogP contribution in [0.25, 0.3) is 9.69 Å². The molecule has 0 saturated heterocycles. The van der Waals surface area contributed by atoms with Gasteiger partial charge < -0.3 is 4.90 Å². The van der Waals surface area contributed by atoms with E-state index in [2.05, 4.69) is 28.4 Å². The molecule has 0 radical (unpaired) electrons. The van der Waals surface area contributed by atoms with E-state index in [0.29, 0.717) is 0 Å².